The van der Waals surface area contributed by atoms with E-state index < -0.39 is 0 Å². The topological polar surface area (TPSA) is 42.7 Å². The van der Waals surface area contributed by atoms with Gasteiger partial charge in [-0.1, -0.05) is 18.2 Å². The van der Waals surface area contributed by atoms with Crippen molar-refractivity contribution in [1.29, 1.82) is 0 Å². The molecule has 25 heavy (non-hydrogen) atoms. The average molecular weight is 399 g/mol. The third kappa shape index (κ3) is 2.34. The molecule has 0 N–H and O–H groups in total. The van der Waals surface area contributed by atoms with Gasteiger partial charge in [-0.2, -0.15) is 5.10 Å². The number of fused-ring (bicyclic) bond motifs is 2. The third-order valence-corrected chi connectivity index (χ3v) is 6.33. The van der Waals surface area contributed by atoms with E-state index in [2.05, 4.69) is 50.2 Å². The molecule has 2 aliphatic heterocycles. The van der Waals surface area contributed by atoms with Gasteiger partial charge in [0.1, 0.15) is 21.5 Å². The Kier molecular flexibility index (Phi) is 3.32. The molecule has 1 fully saturated rings. The Morgan fingerprint density at radius 3 is 2.76 bits per heavy atom. The van der Waals surface area contributed by atoms with Gasteiger partial charge in [0.25, 0.3) is 0 Å². The number of para-hydroxylation sites is 1. The number of aryl methyl sites for hydroxylation is 1. The number of piperidine rings is 1. The number of benzene rings is 1. The van der Waals surface area contributed by atoms with Gasteiger partial charge in [0.2, 0.25) is 0 Å². The summed E-state index contributed by atoms with van der Waals surface area (Å²) in [6, 6.07) is 10.5. The predicted molar refractivity (Wildman–Crippen MR) is 100 cm³/mol. The first-order valence-corrected chi connectivity index (χ1v) is 9.46. The number of nitrogens with zero attached hydrogens (tertiary/aromatic N) is 4. The van der Waals surface area contributed by atoms with Gasteiger partial charge in [0.15, 0.2) is 5.82 Å². The van der Waals surface area contributed by atoms with Gasteiger partial charge < -0.3 is 9.64 Å². The second-order valence-corrected chi connectivity index (χ2v) is 7.75. The average Bonchev–Trinajstić information content (AvgIpc) is 3.23. The summed E-state index contributed by atoms with van der Waals surface area (Å²) in [6.07, 6.45) is 4.87. The fourth-order valence-corrected chi connectivity index (χ4v) is 4.42. The zero-order valence-corrected chi connectivity index (χ0v) is 15.7. The minimum atomic E-state index is -0.0406. The highest BCUT2D eigenvalue weighted by Crippen LogP contribution is 2.41. The number of halogens is 1. The summed E-state index contributed by atoms with van der Waals surface area (Å²) in [7, 11) is 0. The van der Waals surface area contributed by atoms with Crippen LogP contribution in [0.4, 0.5) is 5.82 Å². The molecule has 0 aliphatic carbocycles. The molecule has 5 rings (SSSR count). The zero-order valence-electron chi connectivity index (χ0n) is 14.1. The van der Waals surface area contributed by atoms with E-state index in [1.807, 2.05) is 23.7 Å². The fourth-order valence-electron chi connectivity index (χ4n) is 4.05. The van der Waals surface area contributed by atoms with Crippen LogP contribution in [-0.4, -0.2) is 33.3 Å². The molecule has 0 unspecified atom stereocenters. The van der Waals surface area contributed by atoms with E-state index in [1.54, 1.807) is 0 Å². The Bertz CT molecular complexity index is 932. The smallest absolute Gasteiger partial charge is 0.155 e. The highest BCUT2D eigenvalue weighted by molar-refractivity contribution is 9.10. The lowest BCUT2D eigenvalue weighted by Gasteiger charge is -2.39. The van der Waals surface area contributed by atoms with Crippen molar-refractivity contribution >= 4 is 27.3 Å². The van der Waals surface area contributed by atoms with Crippen LogP contribution in [0.15, 0.2) is 41.1 Å². The fraction of sp³-hybridized carbons (Fsp3) is 0.368. The summed E-state index contributed by atoms with van der Waals surface area (Å²) in [5.74, 6) is 2.08. The lowest BCUT2D eigenvalue weighted by Crippen LogP contribution is -2.47. The first kappa shape index (κ1) is 15.2. The van der Waals surface area contributed by atoms with Gasteiger partial charge in [0.05, 0.1) is 11.9 Å². The molecule has 128 valence electrons. The van der Waals surface area contributed by atoms with Gasteiger partial charge in [-0.25, -0.2) is 9.50 Å². The maximum absolute atomic E-state index is 6.36. The maximum Gasteiger partial charge on any atom is 0.155 e. The van der Waals surface area contributed by atoms with Gasteiger partial charge in [0, 0.05) is 32.4 Å². The van der Waals surface area contributed by atoms with E-state index >= 15 is 0 Å². The van der Waals surface area contributed by atoms with E-state index in [-0.39, 0.29) is 5.60 Å². The monoisotopic (exact) mass is 398 g/mol. The van der Waals surface area contributed by atoms with E-state index in [0.717, 1.165) is 59.7 Å². The number of ether oxygens (including phenoxy) is 1. The van der Waals surface area contributed by atoms with Crippen LogP contribution < -0.4 is 9.64 Å². The van der Waals surface area contributed by atoms with Crippen molar-refractivity contribution < 1.29 is 4.74 Å². The molecular weight excluding hydrogens is 380 g/mol. The number of rotatable bonds is 1. The first-order chi connectivity index (χ1) is 12.2. The van der Waals surface area contributed by atoms with Crippen molar-refractivity contribution in [3.63, 3.8) is 0 Å². The molecule has 0 atom stereocenters. The van der Waals surface area contributed by atoms with Gasteiger partial charge >= 0.3 is 0 Å². The minimum absolute atomic E-state index is 0.0406. The van der Waals surface area contributed by atoms with Crippen LogP contribution in [0, 0.1) is 6.92 Å². The van der Waals surface area contributed by atoms with Crippen LogP contribution >= 0.6 is 15.9 Å². The second-order valence-electron chi connectivity index (χ2n) is 7.00. The van der Waals surface area contributed by atoms with Crippen LogP contribution in [0.1, 0.15) is 24.1 Å². The second kappa shape index (κ2) is 5.46. The molecule has 6 heteroatoms. The van der Waals surface area contributed by atoms with Gasteiger partial charge in [-0.3, -0.25) is 0 Å². The standard InChI is InChI=1S/C19H19BrN4O/c1-13-17(20)24-15(6-9-21-24)18(22-13)23-10-7-19(8-11-23)12-14-4-2-3-5-16(14)25-19/h2-6,9H,7-8,10-12H2,1H3. The summed E-state index contributed by atoms with van der Waals surface area (Å²) in [4.78, 5) is 7.20. The van der Waals surface area contributed by atoms with Crippen LogP contribution in [0.3, 0.4) is 0 Å². The molecule has 1 spiro atoms. The lowest BCUT2D eigenvalue weighted by molar-refractivity contribution is 0.0667. The van der Waals surface area contributed by atoms with Crippen molar-refractivity contribution in [2.45, 2.75) is 31.8 Å². The molecule has 2 aromatic heterocycles. The van der Waals surface area contributed by atoms with Gasteiger partial charge in [-0.05, 0) is 40.5 Å². The quantitative estimate of drug-likeness (QED) is 0.625. The van der Waals surface area contributed by atoms with Crippen LogP contribution in [0.2, 0.25) is 0 Å². The molecule has 2 aliphatic rings. The minimum Gasteiger partial charge on any atom is -0.487 e. The van der Waals surface area contributed by atoms with Crippen LogP contribution in [0.25, 0.3) is 5.52 Å². The third-order valence-electron chi connectivity index (χ3n) is 5.42. The normalized spacial score (nSPS) is 18.6. The van der Waals surface area contributed by atoms with Crippen molar-refractivity contribution in [2.75, 3.05) is 18.0 Å². The number of hydrogen-bond acceptors (Lipinski definition) is 4. The summed E-state index contributed by atoms with van der Waals surface area (Å²) < 4.78 is 9.20. The first-order valence-electron chi connectivity index (χ1n) is 8.67. The van der Waals surface area contributed by atoms with E-state index in [0.29, 0.717) is 0 Å². The summed E-state index contributed by atoms with van der Waals surface area (Å²) in [6.45, 7) is 3.91. The van der Waals surface area contributed by atoms with E-state index in [1.165, 1.54) is 5.56 Å². The molecule has 1 aromatic carbocycles. The lowest BCUT2D eigenvalue weighted by atomic mass is 9.87. The highest BCUT2D eigenvalue weighted by atomic mass is 79.9. The molecule has 5 nitrogen and oxygen atoms in total. The zero-order chi connectivity index (χ0) is 17.0. The molecule has 0 saturated carbocycles. The molecule has 1 saturated heterocycles. The Morgan fingerprint density at radius 1 is 1.16 bits per heavy atom. The summed E-state index contributed by atoms with van der Waals surface area (Å²) in [5, 5.41) is 4.41. The number of aromatic nitrogens is 3. The Balaban J connectivity index is 1.42. The Hall–Kier alpha value is -2.08. The summed E-state index contributed by atoms with van der Waals surface area (Å²) in [5.41, 5.74) is 3.30. The van der Waals surface area contributed by atoms with Gasteiger partial charge in [-0.15, -0.1) is 0 Å². The SMILES string of the molecule is Cc1nc(N2CCC3(CC2)Cc2ccccc2O3)c2ccnn2c1Br. The van der Waals surface area contributed by atoms with E-state index in [4.69, 9.17) is 9.72 Å². The Labute approximate surface area is 154 Å². The van der Waals surface area contributed by atoms with Crippen molar-refractivity contribution in [3.05, 3.63) is 52.4 Å². The molecular formula is C19H19BrN4O. The van der Waals surface area contributed by atoms with Crippen LogP contribution in [-0.2, 0) is 6.42 Å². The molecule has 4 heterocycles. The van der Waals surface area contributed by atoms with Crippen LogP contribution in [0.5, 0.6) is 5.75 Å². The highest BCUT2D eigenvalue weighted by Gasteiger charge is 2.42. The van der Waals surface area contributed by atoms with E-state index in [9.17, 15) is 0 Å². The molecule has 0 radical (unpaired) electrons. The largest absolute Gasteiger partial charge is 0.487 e. The number of hydrogen-bond donors (Lipinski definition) is 0. The molecule has 0 amide bonds. The van der Waals surface area contributed by atoms with Crippen molar-refractivity contribution in [3.8, 4) is 5.75 Å². The predicted octanol–water partition coefficient (Wildman–Crippen LogP) is 3.77. The maximum atomic E-state index is 6.36. The molecule has 3 aromatic rings. The molecule has 0 bridgehead atoms. The summed E-state index contributed by atoms with van der Waals surface area (Å²) >= 11 is 3.58. The Morgan fingerprint density at radius 2 is 1.96 bits per heavy atom. The van der Waals surface area contributed by atoms with Crippen molar-refractivity contribution in [1.82, 2.24) is 14.6 Å². The van der Waals surface area contributed by atoms with Crippen molar-refractivity contribution in [2.24, 2.45) is 0 Å². The number of anilines is 1.